The predicted octanol–water partition coefficient (Wildman–Crippen LogP) is 2.12. The van der Waals surface area contributed by atoms with Gasteiger partial charge in [-0.15, -0.1) is 0 Å². The zero-order valence-electron chi connectivity index (χ0n) is 11.8. The zero-order chi connectivity index (χ0) is 13.5. The van der Waals surface area contributed by atoms with Gasteiger partial charge in [0.1, 0.15) is 0 Å². The standard InChI is InChI=1S/C16H24N2O/c1-2-3-4-14-5-7-15(8-6-14)16(19)13-18-11-9-17-10-12-18/h5-8,17H,2-4,9-13H2,1H3. The van der Waals surface area contributed by atoms with Crippen LogP contribution in [-0.4, -0.2) is 43.4 Å². The van der Waals surface area contributed by atoms with E-state index >= 15 is 0 Å². The van der Waals surface area contributed by atoms with Crippen LogP contribution in [0.4, 0.5) is 0 Å². The third-order valence-corrected chi connectivity index (χ3v) is 3.67. The molecule has 0 aromatic heterocycles. The van der Waals surface area contributed by atoms with Crippen molar-refractivity contribution in [2.75, 3.05) is 32.7 Å². The van der Waals surface area contributed by atoms with E-state index < -0.39 is 0 Å². The van der Waals surface area contributed by atoms with Gasteiger partial charge in [0.2, 0.25) is 0 Å². The van der Waals surface area contributed by atoms with E-state index in [1.54, 1.807) is 0 Å². The highest BCUT2D eigenvalue weighted by molar-refractivity contribution is 5.97. The Hall–Kier alpha value is -1.19. The van der Waals surface area contributed by atoms with Gasteiger partial charge in [-0.05, 0) is 18.4 Å². The van der Waals surface area contributed by atoms with Crippen LogP contribution in [0.15, 0.2) is 24.3 Å². The van der Waals surface area contributed by atoms with Gasteiger partial charge in [-0.25, -0.2) is 0 Å². The van der Waals surface area contributed by atoms with Crippen LogP contribution < -0.4 is 5.32 Å². The minimum absolute atomic E-state index is 0.240. The minimum atomic E-state index is 0.240. The Balaban J connectivity index is 1.87. The van der Waals surface area contributed by atoms with E-state index in [9.17, 15) is 4.79 Å². The number of nitrogens with zero attached hydrogens (tertiary/aromatic N) is 1. The fourth-order valence-electron chi connectivity index (χ4n) is 2.40. The fourth-order valence-corrected chi connectivity index (χ4v) is 2.40. The van der Waals surface area contributed by atoms with Crippen molar-refractivity contribution < 1.29 is 4.79 Å². The molecule has 1 fully saturated rings. The van der Waals surface area contributed by atoms with Crippen molar-refractivity contribution in [2.24, 2.45) is 0 Å². The van der Waals surface area contributed by atoms with E-state index in [0.717, 1.165) is 38.2 Å². The van der Waals surface area contributed by atoms with Crippen molar-refractivity contribution in [3.8, 4) is 0 Å². The van der Waals surface area contributed by atoms with E-state index in [0.29, 0.717) is 6.54 Å². The Morgan fingerprint density at radius 2 is 1.89 bits per heavy atom. The molecule has 0 aliphatic carbocycles. The lowest BCUT2D eigenvalue weighted by Gasteiger charge is -2.26. The van der Waals surface area contributed by atoms with E-state index in [4.69, 9.17) is 0 Å². The van der Waals surface area contributed by atoms with Crippen molar-refractivity contribution in [3.63, 3.8) is 0 Å². The molecule has 2 rings (SSSR count). The van der Waals surface area contributed by atoms with E-state index in [-0.39, 0.29) is 5.78 Å². The van der Waals surface area contributed by atoms with Crippen LogP contribution in [0.5, 0.6) is 0 Å². The largest absolute Gasteiger partial charge is 0.314 e. The lowest BCUT2D eigenvalue weighted by molar-refractivity contribution is 0.0921. The summed E-state index contributed by atoms with van der Waals surface area (Å²) in [6.07, 6.45) is 3.54. The molecule has 1 N–H and O–H groups in total. The summed E-state index contributed by atoms with van der Waals surface area (Å²) in [5, 5.41) is 3.30. The van der Waals surface area contributed by atoms with Gasteiger partial charge >= 0.3 is 0 Å². The third-order valence-electron chi connectivity index (χ3n) is 3.67. The number of piperazine rings is 1. The van der Waals surface area contributed by atoms with E-state index in [1.807, 2.05) is 12.1 Å². The Morgan fingerprint density at radius 3 is 2.53 bits per heavy atom. The molecule has 19 heavy (non-hydrogen) atoms. The molecule has 0 atom stereocenters. The third kappa shape index (κ3) is 4.44. The lowest BCUT2D eigenvalue weighted by atomic mass is 10.0. The molecule has 1 aliphatic rings. The molecule has 0 spiro atoms. The Labute approximate surface area is 116 Å². The molecule has 0 radical (unpaired) electrons. The van der Waals surface area contributed by atoms with Gasteiger partial charge in [0.05, 0.1) is 6.54 Å². The summed E-state index contributed by atoms with van der Waals surface area (Å²) >= 11 is 0. The van der Waals surface area contributed by atoms with Crippen LogP contribution in [-0.2, 0) is 6.42 Å². The van der Waals surface area contributed by atoms with Crippen LogP contribution in [0.3, 0.4) is 0 Å². The van der Waals surface area contributed by atoms with Crippen molar-refractivity contribution >= 4 is 5.78 Å². The molecule has 0 saturated carbocycles. The number of unbranched alkanes of at least 4 members (excludes halogenated alkanes) is 1. The average molecular weight is 260 g/mol. The molecule has 0 bridgehead atoms. The Morgan fingerprint density at radius 1 is 1.21 bits per heavy atom. The summed E-state index contributed by atoms with van der Waals surface area (Å²) < 4.78 is 0. The second-order valence-corrected chi connectivity index (χ2v) is 5.25. The molecule has 1 aromatic carbocycles. The number of Topliss-reactive ketones (excluding diaryl/α,β-unsaturated/α-hetero) is 1. The Bertz CT molecular complexity index is 394. The van der Waals surface area contributed by atoms with E-state index in [2.05, 4.69) is 29.3 Å². The lowest BCUT2D eigenvalue weighted by Crippen LogP contribution is -2.45. The van der Waals surface area contributed by atoms with Crippen molar-refractivity contribution in [1.29, 1.82) is 0 Å². The van der Waals surface area contributed by atoms with Crippen LogP contribution in [0.2, 0.25) is 0 Å². The molecule has 104 valence electrons. The highest BCUT2D eigenvalue weighted by Crippen LogP contribution is 2.09. The molecule has 1 aliphatic heterocycles. The molecular weight excluding hydrogens is 236 g/mol. The SMILES string of the molecule is CCCCc1ccc(C(=O)CN2CCNCC2)cc1. The van der Waals surface area contributed by atoms with Crippen LogP contribution in [0.25, 0.3) is 0 Å². The van der Waals surface area contributed by atoms with Gasteiger partial charge in [0, 0.05) is 31.7 Å². The maximum Gasteiger partial charge on any atom is 0.176 e. The van der Waals surface area contributed by atoms with Gasteiger partial charge < -0.3 is 5.32 Å². The number of benzene rings is 1. The fraction of sp³-hybridized carbons (Fsp3) is 0.562. The quantitative estimate of drug-likeness (QED) is 0.795. The van der Waals surface area contributed by atoms with Gasteiger partial charge in [0.25, 0.3) is 0 Å². The molecule has 0 amide bonds. The first kappa shape index (κ1) is 14.2. The smallest absolute Gasteiger partial charge is 0.176 e. The van der Waals surface area contributed by atoms with Crippen LogP contribution >= 0.6 is 0 Å². The number of ketones is 1. The molecular formula is C16H24N2O. The highest BCUT2D eigenvalue weighted by Gasteiger charge is 2.14. The number of hydrogen-bond donors (Lipinski definition) is 1. The number of rotatable bonds is 6. The molecule has 3 nitrogen and oxygen atoms in total. The summed E-state index contributed by atoms with van der Waals surface area (Å²) in [6.45, 7) is 6.68. The number of nitrogens with one attached hydrogen (secondary N) is 1. The minimum Gasteiger partial charge on any atom is -0.314 e. The molecule has 1 heterocycles. The number of aryl methyl sites for hydroxylation is 1. The molecule has 0 unspecified atom stereocenters. The second kappa shape index (κ2) is 7.41. The topological polar surface area (TPSA) is 32.3 Å². The van der Waals surface area contributed by atoms with Gasteiger partial charge in [-0.2, -0.15) is 0 Å². The first-order valence-corrected chi connectivity index (χ1v) is 7.35. The predicted molar refractivity (Wildman–Crippen MR) is 78.7 cm³/mol. The highest BCUT2D eigenvalue weighted by atomic mass is 16.1. The monoisotopic (exact) mass is 260 g/mol. The van der Waals surface area contributed by atoms with E-state index in [1.165, 1.54) is 18.4 Å². The number of hydrogen-bond acceptors (Lipinski definition) is 3. The van der Waals surface area contributed by atoms with Crippen LogP contribution in [0.1, 0.15) is 35.7 Å². The average Bonchev–Trinajstić information content (AvgIpc) is 2.46. The summed E-state index contributed by atoms with van der Waals surface area (Å²) in [4.78, 5) is 14.4. The van der Waals surface area contributed by atoms with Gasteiger partial charge in [-0.3, -0.25) is 9.69 Å². The molecule has 3 heteroatoms. The van der Waals surface area contributed by atoms with Crippen molar-refractivity contribution in [1.82, 2.24) is 10.2 Å². The normalized spacial score (nSPS) is 16.5. The van der Waals surface area contributed by atoms with Crippen molar-refractivity contribution in [3.05, 3.63) is 35.4 Å². The van der Waals surface area contributed by atoms with Gasteiger partial charge in [0.15, 0.2) is 5.78 Å². The molecule has 1 saturated heterocycles. The molecule has 1 aromatic rings. The summed E-state index contributed by atoms with van der Waals surface area (Å²) in [5.74, 6) is 0.240. The van der Waals surface area contributed by atoms with Crippen LogP contribution in [0, 0.1) is 0 Å². The summed E-state index contributed by atoms with van der Waals surface area (Å²) in [5.41, 5.74) is 2.18. The zero-order valence-corrected chi connectivity index (χ0v) is 11.8. The first-order chi connectivity index (χ1) is 9.29. The maximum absolute atomic E-state index is 12.2. The first-order valence-electron chi connectivity index (χ1n) is 7.35. The number of carbonyl (C=O) groups is 1. The second-order valence-electron chi connectivity index (χ2n) is 5.25. The summed E-state index contributed by atoms with van der Waals surface area (Å²) in [7, 11) is 0. The van der Waals surface area contributed by atoms with Gasteiger partial charge in [-0.1, -0.05) is 37.6 Å². The Kier molecular flexibility index (Phi) is 5.55. The van der Waals surface area contributed by atoms with Crippen molar-refractivity contribution in [2.45, 2.75) is 26.2 Å². The number of carbonyl (C=O) groups excluding carboxylic acids is 1. The maximum atomic E-state index is 12.2. The summed E-state index contributed by atoms with van der Waals surface area (Å²) in [6, 6.07) is 8.16.